The van der Waals surface area contributed by atoms with E-state index >= 15 is 0 Å². The fourth-order valence-electron chi connectivity index (χ4n) is 2.51. The van der Waals surface area contributed by atoms with E-state index in [0.29, 0.717) is 17.0 Å². The molecule has 0 aliphatic heterocycles. The van der Waals surface area contributed by atoms with Crippen LogP contribution in [0.4, 0.5) is 18.9 Å². The Bertz CT molecular complexity index is 1150. The molecule has 3 rings (SSSR count). The summed E-state index contributed by atoms with van der Waals surface area (Å²) in [6.45, 7) is 3.06. The maximum absolute atomic E-state index is 13.7. The van der Waals surface area contributed by atoms with Gasteiger partial charge in [-0.15, -0.1) is 0 Å². The number of aryl methyl sites for hydroxylation is 1. The summed E-state index contributed by atoms with van der Waals surface area (Å²) in [6, 6.07) is 5.76. The highest BCUT2D eigenvalue weighted by Crippen LogP contribution is 2.32. The van der Waals surface area contributed by atoms with Crippen LogP contribution in [-0.4, -0.2) is 12.0 Å². The number of carbonyl (C=O) groups is 1. The number of halogens is 4. The Morgan fingerprint density at radius 3 is 2.61 bits per heavy atom. The predicted octanol–water partition coefficient (Wildman–Crippen LogP) is 4.58. The van der Waals surface area contributed by atoms with E-state index in [1.807, 2.05) is 0 Å². The first-order chi connectivity index (χ1) is 13.2. The summed E-state index contributed by atoms with van der Waals surface area (Å²) in [5, 5.41) is 2.86. The van der Waals surface area contributed by atoms with Gasteiger partial charge < -0.3 is 14.5 Å². The van der Waals surface area contributed by atoms with E-state index in [9.17, 15) is 22.8 Å². The van der Waals surface area contributed by atoms with Crippen molar-refractivity contribution in [3.8, 4) is 5.75 Å². The smallest absolute Gasteiger partial charge is 0.336 e. The van der Waals surface area contributed by atoms with Crippen molar-refractivity contribution in [2.75, 3.05) is 5.32 Å². The largest absolute Gasteiger partial charge is 0.479 e. The molecule has 28 heavy (non-hydrogen) atoms. The second-order valence-electron chi connectivity index (χ2n) is 6.00. The number of anilines is 1. The molecule has 5 nitrogen and oxygen atoms in total. The lowest BCUT2D eigenvalue weighted by atomic mass is 10.1. The van der Waals surface area contributed by atoms with Crippen LogP contribution in [0.2, 0.25) is 5.02 Å². The molecule has 0 aliphatic carbocycles. The van der Waals surface area contributed by atoms with Crippen molar-refractivity contribution in [2.45, 2.75) is 20.0 Å². The van der Waals surface area contributed by atoms with Crippen molar-refractivity contribution in [1.29, 1.82) is 0 Å². The van der Waals surface area contributed by atoms with Gasteiger partial charge in [-0.05, 0) is 37.6 Å². The van der Waals surface area contributed by atoms with Crippen LogP contribution in [0.1, 0.15) is 12.5 Å². The van der Waals surface area contributed by atoms with Crippen LogP contribution in [0.25, 0.3) is 11.0 Å². The van der Waals surface area contributed by atoms with Gasteiger partial charge in [-0.25, -0.2) is 18.0 Å². The molecule has 0 saturated carbocycles. The van der Waals surface area contributed by atoms with Crippen molar-refractivity contribution >= 4 is 34.2 Å². The van der Waals surface area contributed by atoms with E-state index in [2.05, 4.69) is 5.32 Å². The van der Waals surface area contributed by atoms with E-state index in [0.717, 1.165) is 6.07 Å². The summed E-state index contributed by atoms with van der Waals surface area (Å²) < 4.78 is 50.5. The summed E-state index contributed by atoms with van der Waals surface area (Å²) >= 11 is 6.16. The van der Waals surface area contributed by atoms with Crippen LogP contribution in [0, 0.1) is 24.4 Å². The SMILES string of the molecule is Cc1cc(=O)oc2cc(O[C@@H](C)C(=O)Nc3ccc(F)c(F)c3F)c(Cl)cc12. The van der Waals surface area contributed by atoms with E-state index in [4.69, 9.17) is 20.8 Å². The summed E-state index contributed by atoms with van der Waals surface area (Å²) in [7, 11) is 0. The molecule has 146 valence electrons. The Labute approximate surface area is 161 Å². The van der Waals surface area contributed by atoms with Crippen molar-refractivity contribution < 1.29 is 27.1 Å². The van der Waals surface area contributed by atoms with Gasteiger partial charge in [0, 0.05) is 17.5 Å². The summed E-state index contributed by atoms with van der Waals surface area (Å²) in [4.78, 5) is 23.7. The Morgan fingerprint density at radius 1 is 1.18 bits per heavy atom. The molecule has 0 saturated heterocycles. The lowest BCUT2D eigenvalue weighted by Crippen LogP contribution is -2.30. The maximum atomic E-state index is 13.7. The van der Waals surface area contributed by atoms with Gasteiger partial charge in [-0.2, -0.15) is 0 Å². The van der Waals surface area contributed by atoms with E-state index < -0.39 is 40.8 Å². The highest BCUT2D eigenvalue weighted by Gasteiger charge is 2.21. The summed E-state index contributed by atoms with van der Waals surface area (Å²) in [5.41, 5.74) is -0.230. The fraction of sp³-hybridized carbons (Fsp3) is 0.158. The number of amides is 1. The normalized spacial score (nSPS) is 12.1. The topological polar surface area (TPSA) is 68.5 Å². The Kier molecular flexibility index (Phi) is 5.33. The number of benzene rings is 2. The predicted molar refractivity (Wildman–Crippen MR) is 97.3 cm³/mol. The molecule has 0 spiro atoms. The molecule has 1 atom stereocenters. The van der Waals surface area contributed by atoms with Crippen molar-refractivity contribution in [2.24, 2.45) is 0 Å². The molecule has 1 heterocycles. The third-order valence-corrected chi connectivity index (χ3v) is 4.27. The lowest BCUT2D eigenvalue weighted by Gasteiger charge is -2.16. The zero-order valence-corrected chi connectivity index (χ0v) is 15.4. The van der Waals surface area contributed by atoms with E-state index in [-0.39, 0.29) is 16.4 Å². The first kappa shape index (κ1) is 19.8. The molecule has 2 aromatic carbocycles. The van der Waals surface area contributed by atoms with Crippen LogP contribution in [0.15, 0.2) is 39.5 Å². The van der Waals surface area contributed by atoms with Gasteiger partial charge in [0.2, 0.25) is 0 Å². The first-order valence-corrected chi connectivity index (χ1v) is 8.40. The Morgan fingerprint density at radius 2 is 1.89 bits per heavy atom. The average Bonchev–Trinajstić information content (AvgIpc) is 2.63. The van der Waals surface area contributed by atoms with Gasteiger partial charge in [0.15, 0.2) is 23.6 Å². The lowest BCUT2D eigenvalue weighted by molar-refractivity contribution is -0.122. The Balaban J connectivity index is 1.83. The zero-order valence-electron chi connectivity index (χ0n) is 14.6. The second-order valence-corrected chi connectivity index (χ2v) is 6.41. The fourth-order valence-corrected chi connectivity index (χ4v) is 2.72. The van der Waals surface area contributed by atoms with Gasteiger partial charge in [-0.1, -0.05) is 11.6 Å². The number of hydrogen-bond donors (Lipinski definition) is 1. The first-order valence-electron chi connectivity index (χ1n) is 8.02. The maximum Gasteiger partial charge on any atom is 0.336 e. The molecule has 9 heteroatoms. The third-order valence-electron chi connectivity index (χ3n) is 3.97. The zero-order chi connectivity index (χ0) is 20.6. The number of nitrogens with one attached hydrogen (secondary N) is 1. The minimum atomic E-state index is -1.70. The van der Waals surface area contributed by atoms with Gasteiger partial charge in [-0.3, -0.25) is 4.79 Å². The van der Waals surface area contributed by atoms with E-state index in [1.54, 1.807) is 6.92 Å². The minimum absolute atomic E-state index is 0.0522. The standard InChI is InChI=1S/C19H13ClF3NO4/c1-8-5-16(25)28-14-7-15(11(20)6-10(8)14)27-9(2)19(26)24-13-4-3-12(21)17(22)18(13)23/h3-7,9H,1-2H3,(H,24,26)/t9-/m0/s1. The van der Waals surface area contributed by atoms with Crippen LogP contribution in [-0.2, 0) is 4.79 Å². The molecule has 0 aliphatic rings. The van der Waals surface area contributed by atoms with Crippen LogP contribution in [0.3, 0.4) is 0 Å². The summed E-state index contributed by atoms with van der Waals surface area (Å²) in [6.07, 6.45) is -1.18. The summed E-state index contributed by atoms with van der Waals surface area (Å²) in [5.74, 6) is -5.38. The number of rotatable bonds is 4. The van der Waals surface area contributed by atoms with Crippen molar-refractivity contribution in [3.05, 3.63) is 68.8 Å². The van der Waals surface area contributed by atoms with Crippen LogP contribution >= 0.6 is 11.6 Å². The molecule has 0 unspecified atom stereocenters. The quantitative estimate of drug-likeness (QED) is 0.504. The molecule has 0 bridgehead atoms. The molecule has 1 aromatic heterocycles. The average molecular weight is 412 g/mol. The van der Waals surface area contributed by atoms with Gasteiger partial charge in [0.25, 0.3) is 5.91 Å². The van der Waals surface area contributed by atoms with Crippen molar-refractivity contribution in [1.82, 2.24) is 0 Å². The number of fused-ring (bicyclic) bond motifs is 1. The van der Waals surface area contributed by atoms with Gasteiger partial charge in [0.05, 0.1) is 10.7 Å². The second kappa shape index (κ2) is 7.55. The third kappa shape index (κ3) is 3.82. The van der Waals surface area contributed by atoms with Gasteiger partial charge >= 0.3 is 5.63 Å². The Hall–Kier alpha value is -3.00. The van der Waals surface area contributed by atoms with Crippen LogP contribution < -0.4 is 15.7 Å². The monoisotopic (exact) mass is 411 g/mol. The van der Waals surface area contributed by atoms with Gasteiger partial charge in [0.1, 0.15) is 11.3 Å². The van der Waals surface area contributed by atoms with E-state index in [1.165, 1.54) is 25.1 Å². The molecule has 0 fully saturated rings. The van der Waals surface area contributed by atoms with Crippen molar-refractivity contribution in [3.63, 3.8) is 0 Å². The highest BCUT2D eigenvalue weighted by molar-refractivity contribution is 6.32. The molecule has 0 radical (unpaired) electrons. The molecule has 3 aromatic rings. The highest BCUT2D eigenvalue weighted by atomic mass is 35.5. The molecular formula is C19H13ClF3NO4. The molecule has 1 N–H and O–H groups in total. The molecular weight excluding hydrogens is 399 g/mol. The number of ether oxygens (including phenoxy) is 1. The number of hydrogen-bond acceptors (Lipinski definition) is 4. The minimum Gasteiger partial charge on any atom is -0.479 e. The molecule has 1 amide bonds. The number of carbonyl (C=O) groups excluding carboxylic acids is 1. The van der Waals surface area contributed by atoms with Crippen LogP contribution in [0.5, 0.6) is 5.75 Å².